The summed E-state index contributed by atoms with van der Waals surface area (Å²) in [5.74, 6) is 0.879. The lowest BCUT2D eigenvalue weighted by Gasteiger charge is -2.15. The Morgan fingerprint density at radius 3 is 2.56 bits per heavy atom. The molecule has 0 spiro atoms. The lowest BCUT2D eigenvalue weighted by molar-refractivity contribution is 0.826. The van der Waals surface area contributed by atoms with Crippen molar-refractivity contribution in [3.63, 3.8) is 0 Å². The van der Waals surface area contributed by atoms with Crippen molar-refractivity contribution in [2.75, 3.05) is 5.75 Å². The first-order chi connectivity index (χ1) is 8.69. The molecule has 0 bridgehead atoms. The molecule has 1 heterocycles. The van der Waals surface area contributed by atoms with Gasteiger partial charge in [-0.3, -0.25) is 10.4 Å². The summed E-state index contributed by atoms with van der Waals surface area (Å²) in [6.07, 6.45) is 1.07. The number of hydrogen-bond acceptors (Lipinski definition) is 3. The predicted molar refractivity (Wildman–Crippen MR) is 80.5 cm³/mol. The molecule has 0 saturated heterocycles. The molecule has 18 heavy (non-hydrogen) atoms. The van der Waals surface area contributed by atoms with Crippen molar-refractivity contribution in [1.29, 1.82) is 0 Å². The van der Waals surface area contributed by atoms with E-state index in [2.05, 4.69) is 60.6 Å². The fourth-order valence-electron chi connectivity index (χ4n) is 1.70. The minimum absolute atomic E-state index is 0.306. The number of hydrogen-bond donors (Lipinski definition) is 1. The Labute approximate surface area is 113 Å². The smallest absolute Gasteiger partial charge is 0.177 e. The number of amidine groups is 1. The molecule has 0 aliphatic carbocycles. The lowest BCUT2D eigenvalue weighted by atomic mass is 10.1. The van der Waals surface area contributed by atoms with Crippen molar-refractivity contribution in [3.05, 3.63) is 35.4 Å². The molecule has 2 rings (SSSR count). The zero-order valence-corrected chi connectivity index (χ0v) is 11.9. The van der Waals surface area contributed by atoms with Crippen molar-refractivity contribution in [2.45, 2.75) is 33.2 Å². The van der Waals surface area contributed by atoms with Gasteiger partial charge < -0.3 is 0 Å². The number of benzene rings is 1. The summed E-state index contributed by atoms with van der Waals surface area (Å²) >= 11 is 1.71. The van der Waals surface area contributed by atoms with Crippen molar-refractivity contribution in [3.8, 4) is 0 Å². The zero-order chi connectivity index (χ0) is 13.0. The van der Waals surface area contributed by atoms with Gasteiger partial charge in [0.15, 0.2) is 5.17 Å². The molecule has 4 heteroatoms. The molecular weight excluding hydrogens is 242 g/mol. The van der Waals surface area contributed by atoms with Gasteiger partial charge in [-0.05, 0) is 31.4 Å². The van der Waals surface area contributed by atoms with Gasteiger partial charge >= 0.3 is 0 Å². The fraction of sp³-hybridized carbons (Fsp3) is 0.429. The second-order valence-electron chi connectivity index (χ2n) is 4.54. The minimum Gasteiger partial charge on any atom is -0.258 e. The fourth-order valence-corrected chi connectivity index (χ4v) is 2.60. The van der Waals surface area contributed by atoms with Crippen LogP contribution in [-0.4, -0.2) is 22.7 Å². The van der Waals surface area contributed by atoms with Gasteiger partial charge in [0.2, 0.25) is 0 Å². The van der Waals surface area contributed by atoms with Crippen molar-refractivity contribution in [1.82, 2.24) is 5.43 Å². The van der Waals surface area contributed by atoms with Gasteiger partial charge in [0, 0.05) is 11.8 Å². The summed E-state index contributed by atoms with van der Waals surface area (Å²) in [5.41, 5.74) is 6.67. The quantitative estimate of drug-likeness (QED) is 0.908. The summed E-state index contributed by atoms with van der Waals surface area (Å²) in [5, 5.41) is 5.32. The molecule has 0 radical (unpaired) electrons. The van der Waals surface area contributed by atoms with Gasteiger partial charge in [-0.1, -0.05) is 43.0 Å². The van der Waals surface area contributed by atoms with E-state index in [9.17, 15) is 0 Å². The maximum absolute atomic E-state index is 4.45. The van der Waals surface area contributed by atoms with Gasteiger partial charge in [-0.2, -0.15) is 5.10 Å². The number of hydrazone groups is 1. The molecule has 1 aliphatic rings. The monoisotopic (exact) mass is 261 g/mol. The van der Waals surface area contributed by atoms with E-state index in [-0.39, 0.29) is 0 Å². The second-order valence-corrected chi connectivity index (χ2v) is 5.50. The van der Waals surface area contributed by atoms with Gasteiger partial charge in [0.1, 0.15) is 0 Å². The van der Waals surface area contributed by atoms with Crippen LogP contribution in [0.1, 0.15) is 31.9 Å². The second kappa shape index (κ2) is 6.05. The Bertz CT molecular complexity index is 460. The highest BCUT2D eigenvalue weighted by atomic mass is 32.2. The third-order valence-electron chi connectivity index (χ3n) is 2.70. The van der Waals surface area contributed by atoms with E-state index in [1.54, 1.807) is 11.8 Å². The highest BCUT2D eigenvalue weighted by Crippen LogP contribution is 2.15. The maximum Gasteiger partial charge on any atom is 0.177 e. The Balaban J connectivity index is 2.09. The van der Waals surface area contributed by atoms with Crippen molar-refractivity contribution < 1.29 is 0 Å². The number of thioether (sulfide) groups is 1. The van der Waals surface area contributed by atoms with E-state index in [1.807, 2.05) is 0 Å². The minimum atomic E-state index is 0.306. The number of nitrogens with zero attached hydrogens (tertiary/aromatic N) is 2. The van der Waals surface area contributed by atoms with Gasteiger partial charge in [0.25, 0.3) is 0 Å². The van der Waals surface area contributed by atoms with Crippen LogP contribution >= 0.6 is 11.8 Å². The van der Waals surface area contributed by atoms with Crippen LogP contribution in [0.4, 0.5) is 0 Å². The van der Waals surface area contributed by atoms with E-state index in [4.69, 9.17) is 0 Å². The van der Waals surface area contributed by atoms with E-state index < -0.39 is 0 Å². The van der Waals surface area contributed by atoms with Crippen LogP contribution in [0.5, 0.6) is 0 Å². The third kappa shape index (κ3) is 3.35. The molecule has 1 aromatic rings. The SMILES string of the molecule is CCc1ccc(C2=NNC(=NC(C)C)SC2)cc1. The highest BCUT2D eigenvalue weighted by molar-refractivity contribution is 8.14. The van der Waals surface area contributed by atoms with E-state index in [0.717, 1.165) is 23.1 Å². The largest absolute Gasteiger partial charge is 0.258 e. The first kappa shape index (κ1) is 13.1. The van der Waals surface area contributed by atoms with E-state index >= 15 is 0 Å². The summed E-state index contributed by atoms with van der Waals surface area (Å²) in [7, 11) is 0. The highest BCUT2D eigenvalue weighted by Gasteiger charge is 2.12. The van der Waals surface area contributed by atoms with Crippen LogP contribution in [0.3, 0.4) is 0 Å². The molecule has 1 N–H and O–H groups in total. The Kier molecular flexibility index (Phi) is 4.42. The van der Waals surface area contributed by atoms with Gasteiger partial charge in [-0.25, -0.2) is 0 Å². The topological polar surface area (TPSA) is 36.8 Å². The summed E-state index contributed by atoms with van der Waals surface area (Å²) < 4.78 is 0. The third-order valence-corrected chi connectivity index (χ3v) is 3.59. The Morgan fingerprint density at radius 2 is 2.06 bits per heavy atom. The molecule has 0 amide bonds. The molecule has 0 atom stereocenters. The maximum atomic E-state index is 4.45. The predicted octanol–water partition coefficient (Wildman–Crippen LogP) is 3.05. The van der Waals surface area contributed by atoms with Crippen LogP contribution in [0.25, 0.3) is 0 Å². The first-order valence-corrected chi connectivity index (χ1v) is 7.30. The number of nitrogens with one attached hydrogen (secondary N) is 1. The molecule has 96 valence electrons. The van der Waals surface area contributed by atoms with E-state index in [0.29, 0.717) is 6.04 Å². The molecular formula is C14H19N3S. The molecule has 0 saturated carbocycles. The molecule has 0 aromatic heterocycles. The average Bonchev–Trinajstić information content (AvgIpc) is 2.39. The first-order valence-electron chi connectivity index (χ1n) is 6.31. The summed E-state index contributed by atoms with van der Waals surface area (Å²) in [6.45, 7) is 6.30. The Hall–Kier alpha value is -1.29. The molecule has 3 nitrogen and oxygen atoms in total. The van der Waals surface area contributed by atoms with E-state index in [1.165, 1.54) is 11.1 Å². The molecule has 1 aliphatic heterocycles. The van der Waals surface area contributed by atoms with Crippen molar-refractivity contribution >= 4 is 22.6 Å². The summed E-state index contributed by atoms with van der Waals surface area (Å²) in [6, 6.07) is 8.93. The number of aliphatic imine (C=N–C) groups is 1. The van der Waals surface area contributed by atoms with Crippen LogP contribution in [0.15, 0.2) is 34.4 Å². The number of aryl methyl sites for hydroxylation is 1. The van der Waals surface area contributed by atoms with Gasteiger partial charge in [0.05, 0.1) is 5.71 Å². The van der Waals surface area contributed by atoms with Crippen LogP contribution in [-0.2, 0) is 6.42 Å². The average molecular weight is 261 g/mol. The summed E-state index contributed by atoms with van der Waals surface area (Å²) in [4.78, 5) is 4.45. The normalized spacial score (nSPS) is 17.8. The lowest BCUT2D eigenvalue weighted by Crippen LogP contribution is -2.26. The van der Waals surface area contributed by atoms with Crippen LogP contribution in [0, 0.1) is 0 Å². The molecule has 0 unspecified atom stereocenters. The Morgan fingerprint density at radius 1 is 1.33 bits per heavy atom. The molecule has 1 aromatic carbocycles. The zero-order valence-electron chi connectivity index (χ0n) is 11.1. The standard InChI is InChI=1S/C14H19N3S/c1-4-11-5-7-12(8-6-11)13-9-18-14(17-16-13)15-10(2)3/h5-8,10H,4,9H2,1-3H3,(H,15,17). The molecule has 0 fully saturated rings. The number of rotatable bonds is 3. The van der Waals surface area contributed by atoms with Crippen LogP contribution < -0.4 is 5.43 Å². The van der Waals surface area contributed by atoms with Gasteiger partial charge in [-0.15, -0.1) is 0 Å². The van der Waals surface area contributed by atoms with Crippen molar-refractivity contribution in [2.24, 2.45) is 10.1 Å². The van der Waals surface area contributed by atoms with Crippen LogP contribution in [0.2, 0.25) is 0 Å².